The van der Waals surface area contributed by atoms with Gasteiger partial charge in [0.05, 0.1) is 11.4 Å². The zero-order chi connectivity index (χ0) is 31.5. The molecule has 224 valence electrons. The fraction of sp³-hybridized carbons (Fsp3) is 0.0227. The Morgan fingerprint density at radius 3 is 2.19 bits per heavy atom. The van der Waals surface area contributed by atoms with Crippen LogP contribution in [0.2, 0.25) is 0 Å². The number of hydrogen-bond acceptors (Lipinski definition) is 4. The lowest BCUT2D eigenvalue weighted by atomic mass is 9.88. The Morgan fingerprint density at radius 1 is 0.562 bits per heavy atom. The van der Waals surface area contributed by atoms with Crippen LogP contribution in [0.15, 0.2) is 144 Å². The molecule has 7 aromatic carbocycles. The van der Waals surface area contributed by atoms with Gasteiger partial charge in [-0.1, -0.05) is 109 Å². The first kappa shape index (κ1) is 26.1. The van der Waals surface area contributed by atoms with E-state index >= 15 is 0 Å². The SMILES string of the molecule is Cc1c(N2c3c(ccc4ccccc34)-c3cccc4cccc2c34)nc2c(oc3ccccc32)c1-c1cccc2sc3ccccc3c12. The predicted molar refractivity (Wildman–Crippen MR) is 203 cm³/mol. The molecule has 3 aromatic heterocycles. The van der Waals surface area contributed by atoms with Crippen molar-refractivity contribution in [3.8, 4) is 22.3 Å². The topological polar surface area (TPSA) is 29.3 Å². The third-order valence-corrected chi connectivity index (χ3v) is 11.3. The summed E-state index contributed by atoms with van der Waals surface area (Å²) in [6.45, 7) is 2.23. The van der Waals surface area contributed by atoms with Crippen LogP contribution < -0.4 is 4.90 Å². The zero-order valence-electron chi connectivity index (χ0n) is 26.0. The van der Waals surface area contributed by atoms with E-state index in [4.69, 9.17) is 9.40 Å². The molecule has 11 rings (SSSR count). The molecular weight excluding hydrogens is 605 g/mol. The van der Waals surface area contributed by atoms with Crippen molar-refractivity contribution in [2.75, 3.05) is 4.90 Å². The van der Waals surface area contributed by atoms with Crippen LogP contribution in [0, 0.1) is 6.92 Å². The molecule has 1 aliphatic heterocycles. The van der Waals surface area contributed by atoms with Crippen molar-refractivity contribution in [3.63, 3.8) is 0 Å². The van der Waals surface area contributed by atoms with Crippen LogP contribution in [0.4, 0.5) is 17.2 Å². The molecule has 0 bridgehead atoms. The van der Waals surface area contributed by atoms with Crippen LogP contribution in [-0.4, -0.2) is 4.98 Å². The molecule has 4 heteroatoms. The van der Waals surface area contributed by atoms with Crippen molar-refractivity contribution in [3.05, 3.63) is 145 Å². The summed E-state index contributed by atoms with van der Waals surface area (Å²) >= 11 is 1.84. The largest absolute Gasteiger partial charge is 0.454 e. The molecule has 10 aromatic rings. The first-order valence-corrected chi connectivity index (χ1v) is 17.1. The second-order valence-electron chi connectivity index (χ2n) is 12.7. The number of furan rings is 1. The highest BCUT2D eigenvalue weighted by molar-refractivity contribution is 7.25. The number of nitrogens with zero attached hydrogens (tertiary/aromatic N) is 2. The minimum Gasteiger partial charge on any atom is -0.454 e. The van der Waals surface area contributed by atoms with Gasteiger partial charge in [-0.2, -0.15) is 0 Å². The third-order valence-electron chi connectivity index (χ3n) is 10.1. The molecule has 0 atom stereocenters. The van der Waals surface area contributed by atoms with Gasteiger partial charge >= 0.3 is 0 Å². The van der Waals surface area contributed by atoms with E-state index in [2.05, 4.69) is 145 Å². The van der Waals surface area contributed by atoms with E-state index < -0.39 is 0 Å². The van der Waals surface area contributed by atoms with Crippen molar-refractivity contribution in [1.82, 2.24) is 4.98 Å². The van der Waals surface area contributed by atoms with Crippen LogP contribution in [0.1, 0.15) is 5.56 Å². The zero-order valence-corrected chi connectivity index (χ0v) is 26.8. The highest BCUT2D eigenvalue weighted by atomic mass is 32.1. The molecule has 0 spiro atoms. The van der Waals surface area contributed by atoms with Crippen LogP contribution in [0.25, 0.3) is 86.0 Å². The molecule has 0 amide bonds. The first-order chi connectivity index (χ1) is 23.7. The number of pyridine rings is 1. The molecular formula is C44H26N2OS. The van der Waals surface area contributed by atoms with Crippen molar-refractivity contribution in [2.45, 2.75) is 6.92 Å². The lowest BCUT2D eigenvalue weighted by Gasteiger charge is -2.35. The summed E-state index contributed by atoms with van der Waals surface area (Å²) in [7, 11) is 0. The number of rotatable bonds is 2. The van der Waals surface area contributed by atoms with Gasteiger partial charge in [0.1, 0.15) is 16.9 Å². The fourth-order valence-corrected chi connectivity index (χ4v) is 9.23. The van der Waals surface area contributed by atoms with E-state index in [9.17, 15) is 0 Å². The summed E-state index contributed by atoms with van der Waals surface area (Å²) in [4.78, 5) is 8.03. The average molecular weight is 631 g/mol. The third kappa shape index (κ3) is 3.39. The molecule has 4 heterocycles. The number of para-hydroxylation sites is 1. The lowest BCUT2D eigenvalue weighted by molar-refractivity contribution is 0.669. The second-order valence-corrected chi connectivity index (χ2v) is 13.8. The number of benzene rings is 7. The summed E-state index contributed by atoms with van der Waals surface area (Å²) in [6, 6.07) is 50.2. The summed E-state index contributed by atoms with van der Waals surface area (Å²) in [5.41, 5.74) is 10.7. The number of anilines is 3. The van der Waals surface area contributed by atoms with Crippen LogP contribution in [0.3, 0.4) is 0 Å². The number of aromatic nitrogens is 1. The van der Waals surface area contributed by atoms with Gasteiger partial charge in [0.2, 0.25) is 0 Å². The van der Waals surface area contributed by atoms with E-state index in [1.54, 1.807) is 0 Å². The normalized spacial score (nSPS) is 12.6. The summed E-state index contributed by atoms with van der Waals surface area (Å²) in [5, 5.41) is 8.42. The number of fused-ring (bicyclic) bond motifs is 10. The van der Waals surface area contributed by atoms with E-state index in [1.165, 1.54) is 58.4 Å². The highest BCUT2D eigenvalue weighted by Gasteiger charge is 2.32. The van der Waals surface area contributed by atoms with Crippen LogP contribution >= 0.6 is 11.3 Å². The van der Waals surface area contributed by atoms with Gasteiger partial charge in [-0.25, -0.2) is 4.98 Å². The van der Waals surface area contributed by atoms with E-state index in [-0.39, 0.29) is 0 Å². The average Bonchev–Trinajstić information content (AvgIpc) is 3.70. The predicted octanol–water partition coefficient (Wildman–Crippen LogP) is 13.1. The van der Waals surface area contributed by atoms with Gasteiger partial charge in [-0.15, -0.1) is 11.3 Å². The molecule has 0 saturated heterocycles. The first-order valence-electron chi connectivity index (χ1n) is 16.3. The summed E-state index contributed by atoms with van der Waals surface area (Å²) < 4.78 is 9.33. The van der Waals surface area contributed by atoms with Gasteiger partial charge < -0.3 is 4.42 Å². The van der Waals surface area contributed by atoms with Crippen LogP contribution in [0.5, 0.6) is 0 Å². The Kier molecular flexibility index (Phi) is 5.19. The highest BCUT2D eigenvalue weighted by Crippen LogP contribution is 2.55. The molecule has 0 N–H and O–H groups in total. The minimum atomic E-state index is 0.828. The van der Waals surface area contributed by atoms with Gasteiger partial charge in [0, 0.05) is 53.0 Å². The molecule has 3 nitrogen and oxygen atoms in total. The summed E-state index contributed by atoms with van der Waals surface area (Å²) in [5.74, 6) is 0.917. The molecule has 0 fully saturated rings. The smallest absolute Gasteiger partial charge is 0.162 e. The maximum absolute atomic E-state index is 6.77. The van der Waals surface area contributed by atoms with E-state index in [1.807, 2.05) is 17.4 Å². The Balaban J connectivity index is 1.34. The van der Waals surface area contributed by atoms with Crippen molar-refractivity contribution in [1.29, 1.82) is 0 Å². The van der Waals surface area contributed by atoms with E-state index in [0.717, 1.165) is 50.4 Å². The molecule has 1 aliphatic rings. The fourth-order valence-electron chi connectivity index (χ4n) is 8.09. The molecule has 48 heavy (non-hydrogen) atoms. The summed E-state index contributed by atoms with van der Waals surface area (Å²) in [6.07, 6.45) is 0. The monoisotopic (exact) mass is 630 g/mol. The van der Waals surface area contributed by atoms with Crippen molar-refractivity contribution in [2.24, 2.45) is 0 Å². The van der Waals surface area contributed by atoms with Gasteiger partial charge in [-0.05, 0) is 59.2 Å². The van der Waals surface area contributed by atoms with Gasteiger partial charge in [0.25, 0.3) is 0 Å². The van der Waals surface area contributed by atoms with Crippen LogP contribution in [-0.2, 0) is 0 Å². The Morgan fingerprint density at radius 2 is 1.27 bits per heavy atom. The van der Waals surface area contributed by atoms with E-state index in [0.29, 0.717) is 0 Å². The maximum atomic E-state index is 6.77. The molecule has 0 saturated carbocycles. The molecule has 0 radical (unpaired) electrons. The standard InChI is InChI=1S/C44H26N2OS/c1-25-38(33-18-10-22-37-40(33)32-16-5-7-21-36(32)48-37)43-41(31-15-4-6-20-35(31)47-43)45-44(25)46-34-19-9-13-27-12-8-17-29(39(27)34)30-24-23-26-11-2-3-14-28(26)42(30)46/h2-24H,1H3. The quantitative estimate of drug-likeness (QED) is 0.190. The number of thiophene rings is 1. The molecule has 0 aliphatic carbocycles. The van der Waals surface area contributed by atoms with Gasteiger partial charge in [0.15, 0.2) is 5.58 Å². The minimum absolute atomic E-state index is 0.828. The van der Waals surface area contributed by atoms with Gasteiger partial charge in [-0.3, -0.25) is 4.90 Å². The molecule has 0 unspecified atom stereocenters. The lowest BCUT2D eigenvalue weighted by Crippen LogP contribution is -2.18. The number of hydrogen-bond donors (Lipinski definition) is 0. The Hall–Kier alpha value is -5.97. The Labute approximate surface area is 279 Å². The van der Waals surface area contributed by atoms with Crippen molar-refractivity contribution < 1.29 is 4.42 Å². The second kappa shape index (κ2) is 9.54. The maximum Gasteiger partial charge on any atom is 0.162 e. The Bertz CT molecular complexity index is 2980. The van der Waals surface area contributed by atoms with Crippen molar-refractivity contribution >= 4 is 92.3 Å².